The van der Waals surface area contributed by atoms with Gasteiger partial charge in [-0.05, 0) is 37.6 Å². The molecule has 3 aromatic heterocycles. The van der Waals surface area contributed by atoms with Crippen LogP contribution in [0.25, 0.3) is 11.1 Å². The normalized spacial score (nSPS) is 10.8. The molecule has 0 N–H and O–H groups in total. The fraction of sp³-hybridized carbons (Fsp3) is 0.188. The second-order valence-electron chi connectivity index (χ2n) is 4.94. The number of rotatable bonds is 3. The van der Waals surface area contributed by atoms with Crippen molar-refractivity contribution >= 4 is 0 Å². The maximum atomic E-state index is 12.0. The van der Waals surface area contributed by atoms with Crippen LogP contribution >= 0.6 is 0 Å². The second-order valence-corrected chi connectivity index (χ2v) is 4.94. The van der Waals surface area contributed by atoms with Crippen LogP contribution in [0.4, 0.5) is 0 Å². The van der Waals surface area contributed by atoms with Gasteiger partial charge in [-0.25, -0.2) is 0 Å². The van der Waals surface area contributed by atoms with Crippen molar-refractivity contribution in [2.75, 3.05) is 0 Å². The van der Waals surface area contributed by atoms with E-state index in [9.17, 15) is 4.79 Å². The Morgan fingerprint density at radius 1 is 1.14 bits per heavy atom. The molecule has 0 unspecified atom stereocenters. The Morgan fingerprint density at radius 3 is 2.57 bits per heavy atom. The van der Waals surface area contributed by atoms with Gasteiger partial charge in [0.05, 0.1) is 12.2 Å². The molecule has 0 aliphatic carbocycles. The predicted octanol–water partition coefficient (Wildman–Crippen LogP) is 2.56. The molecule has 0 aliphatic heterocycles. The molecule has 3 rings (SSSR count). The molecule has 106 valence electrons. The molecule has 0 saturated carbocycles. The first-order valence-corrected chi connectivity index (χ1v) is 6.68. The summed E-state index contributed by atoms with van der Waals surface area (Å²) < 4.78 is 6.87. The topological polar surface area (TPSA) is 60.9 Å². The van der Waals surface area contributed by atoms with Crippen molar-refractivity contribution in [1.29, 1.82) is 0 Å². The molecule has 0 aliphatic rings. The first-order chi connectivity index (χ1) is 10.1. The number of aromatic nitrogens is 3. The van der Waals surface area contributed by atoms with Crippen molar-refractivity contribution in [2.45, 2.75) is 20.4 Å². The zero-order valence-electron chi connectivity index (χ0n) is 11.9. The van der Waals surface area contributed by atoms with Gasteiger partial charge in [-0.15, -0.1) is 0 Å². The Morgan fingerprint density at radius 2 is 1.90 bits per heavy atom. The third kappa shape index (κ3) is 2.63. The summed E-state index contributed by atoms with van der Waals surface area (Å²) >= 11 is 0. The smallest absolute Gasteiger partial charge is 0.250 e. The van der Waals surface area contributed by atoms with E-state index in [2.05, 4.69) is 10.1 Å². The van der Waals surface area contributed by atoms with Crippen LogP contribution in [0.1, 0.15) is 17.0 Å². The van der Waals surface area contributed by atoms with Crippen LogP contribution in [-0.2, 0) is 6.54 Å². The minimum absolute atomic E-state index is 0.0395. The third-order valence-electron chi connectivity index (χ3n) is 3.41. The summed E-state index contributed by atoms with van der Waals surface area (Å²) in [5.74, 6) is 0.751. The molecule has 0 bridgehead atoms. The van der Waals surface area contributed by atoms with Crippen LogP contribution in [0.2, 0.25) is 0 Å². The van der Waals surface area contributed by atoms with Gasteiger partial charge in [-0.2, -0.15) is 0 Å². The Kier molecular flexibility index (Phi) is 3.39. The Hall–Kier alpha value is -2.69. The summed E-state index contributed by atoms with van der Waals surface area (Å²) in [7, 11) is 0. The van der Waals surface area contributed by atoms with Gasteiger partial charge < -0.3 is 9.09 Å². The maximum absolute atomic E-state index is 12.0. The standard InChI is InChI=1S/C16H15N3O2/c1-11-16(12(2)21-18-11)14-3-4-15(20)19(10-14)9-13-5-7-17-8-6-13/h3-8,10H,9H2,1-2H3. The van der Waals surface area contributed by atoms with E-state index in [1.165, 1.54) is 0 Å². The number of pyridine rings is 2. The lowest BCUT2D eigenvalue weighted by atomic mass is 10.1. The molecule has 21 heavy (non-hydrogen) atoms. The Bertz CT molecular complexity index is 800. The van der Waals surface area contributed by atoms with Gasteiger partial charge in [0.25, 0.3) is 5.56 Å². The number of hydrogen-bond donors (Lipinski definition) is 0. The molecule has 0 fully saturated rings. The van der Waals surface area contributed by atoms with E-state index in [-0.39, 0.29) is 5.56 Å². The highest BCUT2D eigenvalue weighted by Gasteiger charge is 2.12. The van der Waals surface area contributed by atoms with Crippen LogP contribution in [0.15, 0.2) is 52.2 Å². The quantitative estimate of drug-likeness (QED) is 0.740. The molecule has 5 heteroatoms. The van der Waals surface area contributed by atoms with Crippen molar-refractivity contribution in [2.24, 2.45) is 0 Å². The van der Waals surface area contributed by atoms with Crippen LogP contribution in [-0.4, -0.2) is 14.7 Å². The monoisotopic (exact) mass is 281 g/mol. The van der Waals surface area contributed by atoms with Crippen molar-refractivity contribution in [1.82, 2.24) is 14.7 Å². The Labute approximate surface area is 121 Å². The molecular formula is C16H15N3O2. The fourth-order valence-corrected chi connectivity index (χ4v) is 2.38. The number of hydrogen-bond acceptors (Lipinski definition) is 4. The zero-order chi connectivity index (χ0) is 14.8. The lowest BCUT2D eigenvalue weighted by Gasteiger charge is -2.08. The number of nitrogens with zero attached hydrogens (tertiary/aromatic N) is 3. The van der Waals surface area contributed by atoms with Gasteiger partial charge in [0.2, 0.25) is 0 Å². The maximum Gasteiger partial charge on any atom is 0.250 e. The zero-order valence-corrected chi connectivity index (χ0v) is 11.9. The first kappa shape index (κ1) is 13.3. The average molecular weight is 281 g/mol. The van der Waals surface area contributed by atoms with Crippen LogP contribution < -0.4 is 5.56 Å². The van der Waals surface area contributed by atoms with Gasteiger partial charge in [0.1, 0.15) is 5.76 Å². The molecule has 5 nitrogen and oxygen atoms in total. The lowest BCUT2D eigenvalue weighted by Crippen LogP contribution is -2.19. The highest BCUT2D eigenvalue weighted by molar-refractivity contribution is 5.66. The predicted molar refractivity (Wildman–Crippen MR) is 79.0 cm³/mol. The van der Waals surface area contributed by atoms with E-state index < -0.39 is 0 Å². The number of aryl methyl sites for hydroxylation is 2. The highest BCUT2D eigenvalue weighted by Crippen LogP contribution is 2.25. The first-order valence-electron chi connectivity index (χ1n) is 6.68. The summed E-state index contributed by atoms with van der Waals surface area (Å²) in [6.45, 7) is 4.27. The van der Waals surface area contributed by atoms with Gasteiger partial charge in [0, 0.05) is 35.8 Å². The van der Waals surface area contributed by atoms with Gasteiger partial charge in [-0.1, -0.05) is 5.16 Å². The van der Waals surface area contributed by atoms with E-state index >= 15 is 0 Å². The molecule has 0 aromatic carbocycles. The van der Waals surface area contributed by atoms with Crippen molar-refractivity contribution in [3.63, 3.8) is 0 Å². The minimum Gasteiger partial charge on any atom is -0.361 e. The molecule has 0 spiro atoms. The average Bonchev–Trinajstić information content (AvgIpc) is 2.82. The Balaban J connectivity index is 2.03. The van der Waals surface area contributed by atoms with Gasteiger partial charge in [0.15, 0.2) is 0 Å². The van der Waals surface area contributed by atoms with E-state index in [1.807, 2.05) is 32.2 Å². The summed E-state index contributed by atoms with van der Waals surface area (Å²) in [6, 6.07) is 7.17. The molecule has 3 aromatic rings. The van der Waals surface area contributed by atoms with Crippen LogP contribution in [0, 0.1) is 13.8 Å². The van der Waals surface area contributed by atoms with E-state index in [4.69, 9.17) is 4.52 Å². The lowest BCUT2D eigenvalue weighted by molar-refractivity contribution is 0.393. The van der Waals surface area contributed by atoms with Crippen LogP contribution in [0.3, 0.4) is 0 Å². The molecule has 0 saturated heterocycles. The highest BCUT2D eigenvalue weighted by atomic mass is 16.5. The summed E-state index contributed by atoms with van der Waals surface area (Å²) in [5.41, 5.74) is 3.69. The second kappa shape index (κ2) is 5.36. The molecule has 0 amide bonds. The van der Waals surface area contributed by atoms with Crippen molar-refractivity contribution in [3.8, 4) is 11.1 Å². The molecule has 0 radical (unpaired) electrons. The fourth-order valence-electron chi connectivity index (χ4n) is 2.38. The molecular weight excluding hydrogens is 266 g/mol. The molecule has 3 heterocycles. The minimum atomic E-state index is -0.0395. The summed E-state index contributed by atoms with van der Waals surface area (Å²) in [6.07, 6.45) is 5.28. The largest absolute Gasteiger partial charge is 0.361 e. The summed E-state index contributed by atoms with van der Waals surface area (Å²) in [5, 5.41) is 3.96. The van der Waals surface area contributed by atoms with Crippen molar-refractivity contribution < 1.29 is 4.52 Å². The van der Waals surface area contributed by atoms with E-state index in [0.29, 0.717) is 6.54 Å². The SMILES string of the molecule is Cc1noc(C)c1-c1ccc(=O)n(Cc2ccncc2)c1. The van der Waals surface area contributed by atoms with E-state index in [0.717, 1.165) is 28.1 Å². The van der Waals surface area contributed by atoms with Crippen LogP contribution in [0.5, 0.6) is 0 Å². The molecule has 0 atom stereocenters. The summed E-state index contributed by atoms with van der Waals surface area (Å²) in [4.78, 5) is 16.0. The van der Waals surface area contributed by atoms with Gasteiger partial charge in [-0.3, -0.25) is 9.78 Å². The van der Waals surface area contributed by atoms with Crippen molar-refractivity contribution in [3.05, 3.63) is 70.2 Å². The van der Waals surface area contributed by atoms with E-state index in [1.54, 1.807) is 29.1 Å². The third-order valence-corrected chi connectivity index (χ3v) is 3.41. The van der Waals surface area contributed by atoms with Gasteiger partial charge >= 0.3 is 0 Å².